The van der Waals surface area contributed by atoms with Crippen LogP contribution in [0.2, 0.25) is 0 Å². The monoisotopic (exact) mass is 386 g/mol. The van der Waals surface area contributed by atoms with Crippen molar-refractivity contribution in [2.45, 2.75) is 60.2 Å². The van der Waals surface area contributed by atoms with Gasteiger partial charge in [0.15, 0.2) is 5.11 Å². The molecule has 0 heterocycles. The molecule has 0 aliphatic rings. The first-order valence-electron chi connectivity index (χ1n) is 8.68. The van der Waals surface area contributed by atoms with Crippen LogP contribution >= 0.6 is 19.8 Å². The van der Waals surface area contributed by atoms with Crippen molar-refractivity contribution in [3.8, 4) is 0 Å². The Morgan fingerprint density at radius 1 is 1.12 bits per heavy atom. The highest BCUT2D eigenvalue weighted by molar-refractivity contribution is 7.80. The van der Waals surface area contributed by atoms with Crippen molar-refractivity contribution in [1.82, 2.24) is 5.32 Å². The number of hydrogen-bond acceptors (Lipinski definition) is 4. The average Bonchev–Trinajstić information content (AvgIpc) is 2.51. The summed E-state index contributed by atoms with van der Waals surface area (Å²) in [6.07, 6.45) is 0.540. The highest BCUT2D eigenvalue weighted by atomic mass is 32.1. The molecule has 25 heavy (non-hydrogen) atoms. The molecule has 1 rings (SSSR count). The van der Waals surface area contributed by atoms with Gasteiger partial charge in [-0.15, -0.1) is 0 Å². The normalized spacial score (nSPS) is 14.0. The lowest BCUT2D eigenvalue weighted by molar-refractivity contribution is 0.193. The second-order valence-corrected chi connectivity index (χ2v) is 9.22. The summed E-state index contributed by atoms with van der Waals surface area (Å²) in [7, 11) is -3.37. The molecule has 0 radical (unpaired) electrons. The summed E-state index contributed by atoms with van der Waals surface area (Å²) in [4.78, 5) is 0. The topological polar surface area (TPSA) is 59.6 Å². The number of aryl methyl sites for hydroxylation is 3. The molecule has 5 nitrogen and oxygen atoms in total. The summed E-state index contributed by atoms with van der Waals surface area (Å²) in [6.45, 7) is 14.1. The van der Waals surface area contributed by atoms with E-state index in [1.54, 1.807) is 13.8 Å². The molecule has 0 fully saturated rings. The van der Waals surface area contributed by atoms with E-state index in [0.29, 0.717) is 24.7 Å². The van der Waals surface area contributed by atoms with E-state index in [1.807, 2.05) is 27.7 Å². The fourth-order valence-electron chi connectivity index (χ4n) is 2.78. The van der Waals surface area contributed by atoms with Gasteiger partial charge in [-0.2, -0.15) is 0 Å². The minimum absolute atomic E-state index is 0.310. The third-order valence-corrected chi connectivity index (χ3v) is 7.23. The van der Waals surface area contributed by atoms with Crippen LogP contribution in [0.1, 0.15) is 50.8 Å². The smallest absolute Gasteiger partial charge is 0.346 e. The number of nitrogens with one attached hydrogen (secondary N) is 2. The molecule has 0 unspecified atom stereocenters. The number of benzene rings is 1. The zero-order valence-electron chi connectivity index (χ0n) is 16.4. The van der Waals surface area contributed by atoms with Gasteiger partial charge in [-0.05, 0) is 71.3 Å². The SMILES string of the molecule is CCOP(=O)(OCC)[C@](C)(CC)NC(=S)Nc1c(C)cc(C)cc1C. The first-order valence-corrected chi connectivity index (χ1v) is 10.6. The van der Waals surface area contributed by atoms with Crippen molar-refractivity contribution < 1.29 is 13.6 Å². The molecule has 142 valence electrons. The Hall–Kier alpha value is -0.940. The van der Waals surface area contributed by atoms with Crippen molar-refractivity contribution in [1.29, 1.82) is 0 Å². The molecule has 1 aromatic carbocycles. The first-order chi connectivity index (χ1) is 11.6. The molecular formula is C18H31N2O3PS. The van der Waals surface area contributed by atoms with Crippen LogP contribution in [0, 0.1) is 20.8 Å². The summed E-state index contributed by atoms with van der Waals surface area (Å²) in [5.74, 6) is 0. The van der Waals surface area contributed by atoms with E-state index in [4.69, 9.17) is 21.3 Å². The van der Waals surface area contributed by atoms with E-state index in [0.717, 1.165) is 16.8 Å². The van der Waals surface area contributed by atoms with Crippen molar-refractivity contribution in [2.75, 3.05) is 18.5 Å². The number of hydrogen-bond donors (Lipinski definition) is 2. The standard InChI is InChI=1S/C18H31N2O3PS/c1-8-18(7,24(21,22-9-2)23-10-3)20-17(25)19-16-14(5)11-13(4)12-15(16)6/h11-12H,8-10H2,1-7H3,(H2,19,20,25)/t18-/m1/s1. The third kappa shape index (κ3) is 5.27. The maximum Gasteiger partial charge on any atom is 0.355 e. The van der Waals surface area contributed by atoms with Crippen LogP contribution in [-0.2, 0) is 13.6 Å². The van der Waals surface area contributed by atoms with Crippen LogP contribution in [-0.4, -0.2) is 23.6 Å². The Labute approximate surface area is 157 Å². The first kappa shape index (κ1) is 22.1. The second-order valence-electron chi connectivity index (χ2n) is 6.31. The lowest BCUT2D eigenvalue weighted by Gasteiger charge is -2.36. The van der Waals surface area contributed by atoms with E-state index in [1.165, 1.54) is 5.56 Å². The lowest BCUT2D eigenvalue weighted by Crippen LogP contribution is -2.48. The Morgan fingerprint density at radius 2 is 1.60 bits per heavy atom. The van der Waals surface area contributed by atoms with E-state index in [9.17, 15) is 4.57 Å². The van der Waals surface area contributed by atoms with Crippen molar-refractivity contribution in [2.24, 2.45) is 0 Å². The summed E-state index contributed by atoms with van der Waals surface area (Å²) in [6, 6.07) is 4.20. The van der Waals surface area contributed by atoms with Gasteiger partial charge in [0, 0.05) is 5.69 Å². The predicted molar refractivity (Wildman–Crippen MR) is 110 cm³/mol. The molecule has 0 saturated heterocycles. The van der Waals surface area contributed by atoms with Gasteiger partial charge < -0.3 is 19.7 Å². The third-order valence-electron chi connectivity index (χ3n) is 4.19. The Kier molecular flexibility index (Phi) is 8.07. The number of anilines is 1. The van der Waals surface area contributed by atoms with E-state index in [2.05, 4.69) is 29.7 Å². The van der Waals surface area contributed by atoms with Gasteiger partial charge in [0.25, 0.3) is 0 Å². The van der Waals surface area contributed by atoms with Gasteiger partial charge in [-0.25, -0.2) is 0 Å². The zero-order valence-corrected chi connectivity index (χ0v) is 18.1. The largest absolute Gasteiger partial charge is 0.355 e. The second kappa shape index (κ2) is 9.13. The fraction of sp³-hybridized carbons (Fsp3) is 0.611. The van der Waals surface area contributed by atoms with Gasteiger partial charge in [-0.3, -0.25) is 4.57 Å². The molecule has 0 amide bonds. The molecule has 2 N–H and O–H groups in total. The van der Waals surface area contributed by atoms with Gasteiger partial charge in [0.05, 0.1) is 13.2 Å². The van der Waals surface area contributed by atoms with E-state index >= 15 is 0 Å². The minimum atomic E-state index is -3.37. The molecule has 0 spiro atoms. The summed E-state index contributed by atoms with van der Waals surface area (Å²) in [5, 5.41) is 5.91. The highest BCUT2D eigenvalue weighted by Gasteiger charge is 2.46. The van der Waals surface area contributed by atoms with E-state index < -0.39 is 12.9 Å². The summed E-state index contributed by atoms with van der Waals surface area (Å²) < 4.78 is 24.3. The lowest BCUT2D eigenvalue weighted by atomic mass is 10.1. The summed E-state index contributed by atoms with van der Waals surface area (Å²) >= 11 is 5.49. The van der Waals surface area contributed by atoms with Gasteiger partial charge in [0.2, 0.25) is 0 Å². The van der Waals surface area contributed by atoms with Gasteiger partial charge in [0.1, 0.15) is 5.28 Å². The maximum absolute atomic E-state index is 13.2. The number of thiocarbonyl (C=S) groups is 1. The summed E-state index contributed by atoms with van der Waals surface area (Å²) in [5.41, 5.74) is 4.38. The van der Waals surface area contributed by atoms with Gasteiger partial charge >= 0.3 is 7.60 Å². The fourth-order valence-corrected chi connectivity index (χ4v) is 5.14. The van der Waals surface area contributed by atoms with Crippen molar-refractivity contribution in [3.63, 3.8) is 0 Å². The van der Waals surface area contributed by atoms with Crippen LogP contribution in [0.3, 0.4) is 0 Å². The van der Waals surface area contributed by atoms with Crippen molar-refractivity contribution in [3.05, 3.63) is 28.8 Å². The van der Waals surface area contributed by atoms with Crippen LogP contribution in [0.25, 0.3) is 0 Å². The molecule has 0 bridgehead atoms. The minimum Gasteiger partial charge on any atom is -0.346 e. The number of rotatable bonds is 8. The molecule has 7 heteroatoms. The Morgan fingerprint density at radius 3 is 2.00 bits per heavy atom. The quantitative estimate of drug-likeness (QED) is 0.468. The zero-order chi connectivity index (χ0) is 19.3. The molecule has 1 atom stereocenters. The van der Waals surface area contributed by atoms with Crippen LogP contribution in [0.5, 0.6) is 0 Å². The molecule has 1 aromatic rings. The maximum atomic E-state index is 13.2. The average molecular weight is 386 g/mol. The molecule has 0 aromatic heterocycles. The van der Waals surface area contributed by atoms with Crippen molar-refractivity contribution >= 4 is 30.6 Å². The predicted octanol–water partition coefficient (Wildman–Crippen LogP) is 5.29. The van der Waals surface area contributed by atoms with Crippen LogP contribution in [0.15, 0.2) is 12.1 Å². The van der Waals surface area contributed by atoms with Gasteiger partial charge in [-0.1, -0.05) is 24.6 Å². The van der Waals surface area contributed by atoms with E-state index in [-0.39, 0.29) is 0 Å². The Balaban J connectivity index is 3.04. The van der Waals surface area contributed by atoms with Crippen LogP contribution in [0.4, 0.5) is 5.69 Å². The molecule has 0 aliphatic carbocycles. The highest BCUT2D eigenvalue weighted by Crippen LogP contribution is 2.59. The molecule has 0 aliphatic heterocycles. The molecular weight excluding hydrogens is 355 g/mol. The van der Waals surface area contributed by atoms with Crippen LogP contribution < -0.4 is 10.6 Å². The molecule has 0 saturated carbocycles. The Bertz CT molecular complexity index is 633.